The fourth-order valence-corrected chi connectivity index (χ4v) is 11.6. The summed E-state index contributed by atoms with van der Waals surface area (Å²) in [5.74, 6) is 2.09. The van der Waals surface area contributed by atoms with E-state index in [0.717, 1.165) is 77.9 Å². The average molecular weight is 851 g/mol. The van der Waals surface area contributed by atoms with Crippen molar-refractivity contribution in [3.63, 3.8) is 0 Å². The molecule has 4 heterocycles. The number of para-hydroxylation sites is 2. The normalized spacial score (nSPS) is 13.1. The fourth-order valence-electron chi connectivity index (χ4n) is 11.6. The Hall–Kier alpha value is -8.09. The van der Waals surface area contributed by atoms with Gasteiger partial charge in [-0.15, -0.1) is 0 Å². The van der Waals surface area contributed by atoms with E-state index >= 15 is 0 Å². The van der Waals surface area contributed by atoms with Crippen molar-refractivity contribution in [1.29, 1.82) is 0 Å². The lowest BCUT2D eigenvalue weighted by molar-refractivity contribution is 0.0464. The molecule has 6 nitrogen and oxygen atoms in total. The number of ether oxygens (including phenoxy) is 4. The molecule has 0 N–H and O–H groups in total. The van der Waals surface area contributed by atoms with Crippen LogP contribution < -0.4 is 42.3 Å². The summed E-state index contributed by atoms with van der Waals surface area (Å²) in [5.41, 5.74) is 15.9. The van der Waals surface area contributed by atoms with Gasteiger partial charge in [0.1, 0.15) is 36.2 Å². The molecule has 8 heteroatoms. The molecule has 0 spiro atoms. The van der Waals surface area contributed by atoms with E-state index in [9.17, 15) is 9.59 Å². The monoisotopic (exact) mass is 850 g/mol. The van der Waals surface area contributed by atoms with Crippen LogP contribution in [0.15, 0.2) is 158 Å². The zero-order chi connectivity index (χ0) is 43.9. The third-order valence-electron chi connectivity index (χ3n) is 14.4. The van der Waals surface area contributed by atoms with Gasteiger partial charge in [-0.25, -0.2) is 9.59 Å². The van der Waals surface area contributed by atoms with E-state index in [1.807, 2.05) is 109 Å². The summed E-state index contributed by atoms with van der Waals surface area (Å²) in [6.07, 6.45) is 0. The van der Waals surface area contributed by atoms with Crippen LogP contribution in [0.2, 0.25) is 0 Å². The minimum absolute atomic E-state index is 0.141. The average Bonchev–Trinajstić information content (AvgIpc) is 3.35. The Morgan fingerprint density at radius 1 is 0.424 bits per heavy atom. The van der Waals surface area contributed by atoms with Gasteiger partial charge in [0.2, 0.25) is 0 Å². The highest BCUT2D eigenvalue weighted by Crippen LogP contribution is 2.48. The Morgan fingerprint density at radius 2 is 0.833 bits per heavy atom. The second-order valence-corrected chi connectivity index (χ2v) is 18.1. The van der Waals surface area contributed by atoms with Crippen LogP contribution in [0, 0.1) is 13.8 Å². The molecule has 0 saturated heterocycles. The zero-order valence-electron chi connectivity index (χ0n) is 36.0. The van der Waals surface area contributed by atoms with Gasteiger partial charge in [0, 0.05) is 0 Å². The van der Waals surface area contributed by atoms with Gasteiger partial charge in [0.25, 0.3) is 13.4 Å². The number of carbonyl (C=O) groups is 2. The largest absolute Gasteiger partial charge is 0.458 e. The van der Waals surface area contributed by atoms with Gasteiger partial charge < -0.3 is 18.9 Å². The Labute approximate surface area is 380 Å². The van der Waals surface area contributed by atoms with E-state index in [0.29, 0.717) is 22.6 Å². The van der Waals surface area contributed by atoms with Crippen molar-refractivity contribution in [1.82, 2.24) is 0 Å². The summed E-state index contributed by atoms with van der Waals surface area (Å²) in [6.45, 7) is 4.47. The quantitative estimate of drug-likeness (QED) is 0.0945. The predicted molar refractivity (Wildman–Crippen MR) is 264 cm³/mol. The van der Waals surface area contributed by atoms with Crippen LogP contribution in [0.1, 0.15) is 43.0 Å². The molecule has 4 aliphatic heterocycles. The van der Waals surface area contributed by atoms with Crippen LogP contribution in [-0.4, -0.2) is 25.4 Å². The highest BCUT2D eigenvalue weighted by Gasteiger charge is 2.44. The van der Waals surface area contributed by atoms with E-state index in [1.165, 1.54) is 43.2 Å². The summed E-state index contributed by atoms with van der Waals surface area (Å²) in [4.78, 5) is 28.1. The number of aryl methyl sites for hydroxylation is 2. The van der Waals surface area contributed by atoms with E-state index in [-0.39, 0.29) is 26.6 Å². The minimum Gasteiger partial charge on any atom is -0.458 e. The van der Waals surface area contributed by atoms with Gasteiger partial charge >= 0.3 is 11.9 Å². The molecular formula is C58H36B2O6. The van der Waals surface area contributed by atoms with Crippen molar-refractivity contribution >= 4 is 90.5 Å². The zero-order valence-corrected chi connectivity index (χ0v) is 36.0. The second kappa shape index (κ2) is 13.7. The molecule has 0 fully saturated rings. The first-order valence-electron chi connectivity index (χ1n) is 22.5. The molecule has 0 atom stereocenters. The molecule has 10 aromatic carbocycles. The molecule has 0 amide bonds. The van der Waals surface area contributed by atoms with E-state index < -0.39 is 11.9 Å². The molecule has 0 saturated carbocycles. The first-order valence-corrected chi connectivity index (χ1v) is 22.5. The number of hydrogen-bond acceptors (Lipinski definition) is 6. The number of esters is 2. The Bertz CT molecular complexity index is 3540. The Morgan fingerprint density at radius 3 is 1.27 bits per heavy atom. The lowest BCUT2D eigenvalue weighted by atomic mass is 9.32. The molecule has 0 aromatic heterocycles. The smallest absolute Gasteiger partial charge is 0.338 e. The van der Waals surface area contributed by atoms with E-state index in [4.69, 9.17) is 18.9 Å². The van der Waals surface area contributed by atoms with Crippen LogP contribution >= 0.6 is 0 Å². The van der Waals surface area contributed by atoms with Crippen molar-refractivity contribution in [2.45, 2.75) is 27.1 Å². The summed E-state index contributed by atoms with van der Waals surface area (Å²) in [5, 5.41) is 7.15. The maximum atomic E-state index is 14.0. The summed E-state index contributed by atoms with van der Waals surface area (Å²) >= 11 is 0. The molecule has 310 valence electrons. The van der Waals surface area contributed by atoms with Gasteiger partial charge in [-0.1, -0.05) is 132 Å². The molecule has 0 aliphatic carbocycles. The summed E-state index contributed by atoms with van der Waals surface area (Å²) in [7, 11) is 0. The number of hydrogen-bond donors (Lipinski definition) is 0. The Kier molecular flexibility index (Phi) is 7.75. The molecule has 14 rings (SSSR count). The number of carbonyl (C=O) groups excluding carboxylic acids is 2. The van der Waals surface area contributed by atoms with Gasteiger partial charge in [-0.2, -0.15) is 0 Å². The molecular weight excluding hydrogens is 814 g/mol. The Balaban J connectivity index is 1.03. The van der Waals surface area contributed by atoms with E-state index in [2.05, 4.69) is 62.4 Å². The SMILES string of the molecule is Cc1cc2c3c(cc4c(C)cc5c6c(cc1c3c46)B1c3ccccc3Oc3cc(C(=O)OCc4ccccc4)cc-5c31)B1c3ccccc3Oc3cc(C(=O)OCc4ccccc4)cc-2c31. The molecule has 0 bridgehead atoms. The lowest BCUT2D eigenvalue weighted by Crippen LogP contribution is -2.58. The van der Waals surface area contributed by atoms with Crippen LogP contribution in [0.4, 0.5) is 0 Å². The van der Waals surface area contributed by atoms with Gasteiger partial charge in [-0.05, 0) is 149 Å². The topological polar surface area (TPSA) is 71.1 Å². The van der Waals surface area contributed by atoms with Crippen LogP contribution in [-0.2, 0) is 22.7 Å². The van der Waals surface area contributed by atoms with Crippen molar-refractivity contribution in [3.05, 3.63) is 191 Å². The third-order valence-corrected chi connectivity index (χ3v) is 14.4. The maximum absolute atomic E-state index is 14.0. The van der Waals surface area contributed by atoms with Crippen molar-refractivity contribution in [2.75, 3.05) is 0 Å². The van der Waals surface area contributed by atoms with Crippen molar-refractivity contribution in [2.24, 2.45) is 0 Å². The molecule has 0 radical (unpaired) electrons. The number of fused-ring (bicyclic) bond motifs is 8. The van der Waals surface area contributed by atoms with Crippen LogP contribution in [0.3, 0.4) is 0 Å². The molecule has 10 aromatic rings. The highest BCUT2D eigenvalue weighted by atomic mass is 16.5. The highest BCUT2D eigenvalue weighted by molar-refractivity contribution is 7.01. The maximum Gasteiger partial charge on any atom is 0.338 e. The second-order valence-electron chi connectivity index (χ2n) is 18.1. The van der Waals surface area contributed by atoms with Crippen LogP contribution in [0.5, 0.6) is 23.0 Å². The summed E-state index contributed by atoms with van der Waals surface area (Å²) < 4.78 is 25.4. The van der Waals surface area contributed by atoms with Gasteiger partial charge in [0.15, 0.2) is 0 Å². The number of benzene rings is 10. The standard InChI is InChI=1S/C58H36B2O6/c1-31-21-39-41-23-35(57(61)63-29-33-13-5-3-6-14-33)25-49-55(41)60(44-18-10-12-20-48(44)65-49)46-28-38-32(2)22-40-42-24-36(58(62)64-30-34-15-7-4-8-16-34)26-50-56(42)59(43-17-9-11-19-47(43)66-50)45-27-37(31)53(51(39)46)54(38)52(40)45/h3-28H,29-30H2,1-2H3. The molecule has 4 aliphatic rings. The third kappa shape index (κ3) is 5.21. The first-order chi connectivity index (χ1) is 32.4. The number of rotatable bonds is 6. The van der Waals surface area contributed by atoms with Gasteiger partial charge in [0.05, 0.1) is 11.1 Å². The molecule has 66 heavy (non-hydrogen) atoms. The minimum atomic E-state index is -0.401. The van der Waals surface area contributed by atoms with Crippen LogP contribution in [0.25, 0.3) is 54.6 Å². The van der Waals surface area contributed by atoms with Gasteiger partial charge in [-0.3, -0.25) is 0 Å². The van der Waals surface area contributed by atoms with Crippen molar-refractivity contribution in [3.8, 4) is 45.3 Å². The lowest BCUT2D eigenvalue weighted by Gasteiger charge is -2.37. The van der Waals surface area contributed by atoms with Crippen molar-refractivity contribution < 1.29 is 28.5 Å². The first kappa shape index (κ1) is 37.3. The summed E-state index contributed by atoms with van der Waals surface area (Å²) in [6, 6.07) is 53.3. The van der Waals surface area contributed by atoms with E-state index in [1.54, 1.807) is 0 Å². The fraction of sp³-hybridized carbons (Fsp3) is 0.0690. The predicted octanol–water partition coefficient (Wildman–Crippen LogP) is 9.12. The molecule has 0 unspecified atom stereocenters.